The van der Waals surface area contributed by atoms with Gasteiger partial charge in [0.1, 0.15) is 5.82 Å². The van der Waals surface area contributed by atoms with Crippen LogP contribution in [0.2, 0.25) is 5.02 Å². The van der Waals surface area contributed by atoms with E-state index in [0.717, 1.165) is 0 Å². The SMILES string of the molecule is CS(=O)CCNCc1ccc(C(=O)Nc2ccc(Cl)cc2N2CCN(CCC(F)(F)F)CC2)c(F)c1. The lowest BCUT2D eigenvalue weighted by Gasteiger charge is -2.37. The standard InChI is InChI=1S/C24H29ClF4N4O2S/c1-36(35)13-7-30-16-17-2-4-19(20(26)14-17)23(34)31-21-5-3-18(25)15-22(21)33-11-9-32(10-12-33)8-6-24(27,28)29/h2-5,14-15,30H,6-13,16H2,1H3,(H,31,34). The van der Waals surface area contributed by atoms with E-state index in [0.29, 0.717) is 67.0 Å². The van der Waals surface area contributed by atoms with Crippen molar-refractivity contribution in [2.45, 2.75) is 19.1 Å². The minimum absolute atomic E-state index is 0.0562. The number of nitrogens with zero attached hydrogens (tertiary/aromatic N) is 2. The normalized spacial score (nSPS) is 15.7. The maximum Gasteiger partial charge on any atom is 0.390 e. The van der Waals surface area contributed by atoms with Gasteiger partial charge < -0.3 is 15.5 Å². The average Bonchev–Trinajstić information content (AvgIpc) is 2.81. The quantitative estimate of drug-likeness (QED) is 0.343. The first kappa shape index (κ1) is 28.4. The molecule has 2 aromatic rings. The van der Waals surface area contributed by atoms with Gasteiger partial charge in [0.15, 0.2) is 0 Å². The molecule has 0 aromatic heterocycles. The number of halogens is 5. The van der Waals surface area contributed by atoms with E-state index in [2.05, 4.69) is 10.6 Å². The van der Waals surface area contributed by atoms with Crippen LogP contribution in [0.5, 0.6) is 0 Å². The second kappa shape index (κ2) is 12.8. The smallest absolute Gasteiger partial charge is 0.367 e. The molecule has 1 unspecified atom stereocenters. The van der Waals surface area contributed by atoms with Gasteiger partial charge in [-0.1, -0.05) is 17.7 Å². The first-order valence-corrected chi connectivity index (χ1v) is 13.6. The topological polar surface area (TPSA) is 64.7 Å². The zero-order valence-corrected chi connectivity index (χ0v) is 21.4. The Morgan fingerprint density at radius 2 is 1.83 bits per heavy atom. The Labute approximate surface area is 215 Å². The molecule has 1 atom stereocenters. The lowest BCUT2D eigenvalue weighted by atomic mass is 10.1. The summed E-state index contributed by atoms with van der Waals surface area (Å²) in [7, 11) is -0.914. The van der Waals surface area contributed by atoms with Gasteiger partial charge in [-0.25, -0.2) is 4.39 Å². The first-order valence-electron chi connectivity index (χ1n) is 11.5. The Balaban J connectivity index is 1.63. The highest BCUT2D eigenvalue weighted by molar-refractivity contribution is 7.84. The van der Waals surface area contributed by atoms with E-state index in [1.165, 1.54) is 12.1 Å². The Morgan fingerprint density at radius 3 is 2.47 bits per heavy atom. The van der Waals surface area contributed by atoms with Crippen LogP contribution in [0.4, 0.5) is 28.9 Å². The van der Waals surface area contributed by atoms with Gasteiger partial charge in [0.05, 0.1) is 23.4 Å². The Hall–Kier alpha value is -2.21. The fourth-order valence-corrected chi connectivity index (χ4v) is 4.46. The molecule has 1 saturated heterocycles. The lowest BCUT2D eigenvalue weighted by molar-refractivity contribution is -0.138. The van der Waals surface area contributed by atoms with Gasteiger partial charge in [0.2, 0.25) is 0 Å². The fraction of sp³-hybridized carbons (Fsp3) is 0.458. The number of carbonyl (C=O) groups excluding carboxylic acids is 1. The number of anilines is 2. The molecular formula is C24H29ClF4N4O2S. The minimum Gasteiger partial charge on any atom is -0.367 e. The van der Waals surface area contributed by atoms with Crippen molar-refractivity contribution < 1.29 is 26.6 Å². The first-order chi connectivity index (χ1) is 17.0. The number of piperazine rings is 1. The highest BCUT2D eigenvalue weighted by Gasteiger charge is 2.29. The second-order valence-electron chi connectivity index (χ2n) is 8.58. The van der Waals surface area contributed by atoms with Crippen LogP contribution in [0.3, 0.4) is 0 Å². The third-order valence-corrected chi connectivity index (χ3v) is 6.82. The third-order valence-electron chi connectivity index (χ3n) is 5.81. The van der Waals surface area contributed by atoms with Crippen molar-refractivity contribution in [3.8, 4) is 0 Å². The van der Waals surface area contributed by atoms with E-state index >= 15 is 0 Å². The molecule has 12 heteroatoms. The highest BCUT2D eigenvalue weighted by Crippen LogP contribution is 2.31. The third kappa shape index (κ3) is 8.72. The molecule has 198 valence electrons. The molecule has 3 rings (SSSR count). The Kier molecular flexibility index (Phi) is 10.1. The van der Waals surface area contributed by atoms with Gasteiger partial charge in [-0.15, -0.1) is 0 Å². The summed E-state index contributed by atoms with van der Waals surface area (Å²) in [6.45, 7) is 2.66. The number of carbonyl (C=O) groups is 1. The van der Waals surface area contributed by atoms with Crippen molar-refractivity contribution in [3.05, 3.63) is 58.4 Å². The predicted molar refractivity (Wildman–Crippen MR) is 136 cm³/mol. The van der Waals surface area contributed by atoms with Crippen molar-refractivity contribution in [2.75, 3.05) is 61.5 Å². The number of hydrogen-bond acceptors (Lipinski definition) is 5. The summed E-state index contributed by atoms with van der Waals surface area (Å²) in [5.74, 6) is -0.796. The van der Waals surface area contributed by atoms with Gasteiger partial charge in [0, 0.05) is 73.6 Å². The molecular weight excluding hydrogens is 520 g/mol. The van der Waals surface area contributed by atoms with Crippen molar-refractivity contribution in [1.29, 1.82) is 0 Å². The van der Waals surface area contributed by atoms with E-state index in [1.54, 1.807) is 35.4 Å². The molecule has 0 radical (unpaired) electrons. The van der Waals surface area contributed by atoms with Crippen molar-refractivity contribution in [1.82, 2.24) is 10.2 Å². The monoisotopic (exact) mass is 548 g/mol. The van der Waals surface area contributed by atoms with Crippen molar-refractivity contribution in [2.24, 2.45) is 0 Å². The van der Waals surface area contributed by atoms with E-state index < -0.39 is 35.1 Å². The lowest BCUT2D eigenvalue weighted by Crippen LogP contribution is -2.47. The van der Waals surface area contributed by atoms with Gasteiger partial charge in [-0.3, -0.25) is 13.9 Å². The summed E-state index contributed by atoms with van der Waals surface area (Å²) in [5.41, 5.74) is 1.60. The van der Waals surface area contributed by atoms with Crippen LogP contribution in [0.15, 0.2) is 36.4 Å². The molecule has 0 bridgehead atoms. The van der Waals surface area contributed by atoms with Crippen molar-refractivity contribution in [3.63, 3.8) is 0 Å². The van der Waals surface area contributed by atoms with E-state index in [4.69, 9.17) is 11.6 Å². The molecule has 1 heterocycles. The minimum atomic E-state index is -4.19. The molecule has 1 aliphatic heterocycles. The zero-order valence-electron chi connectivity index (χ0n) is 19.8. The van der Waals surface area contributed by atoms with Crippen LogP contribution in [-0.4, -0.2) is 72.5 Å². The molecule has 36 heavy (non-hydrogen) atoms. The van der Waals surface area contributed by atoms with Gasteiger partial charge in [0.25, 0.3) is 5.91 Å². The number of amides is 1. The molecule has 1 amide bonds. The fourth-order valence-electron chi connectivity index (χ4n) is 3.86. The number of rotatable bonds is 10. The van der Waals surface area contributed by atoms with Crippen LogP contribution in [-0.2, 0) is 17.3 Å². The predicted octanol–water partition coefficient (Wildman–Crippen LogP) is 4.27. The van der Waals surface area contributed by atoms with E-state index in [9.17, 15) is 26.6 Å². The zero-order chi connectivity index (χ0) is 26.3. The van der Waals surface area contributed by atoms with Gasteiger partial charge >= 0.3 is 6.18 Å². The van der Waals surface area contributed by atoms with Crippen LogP contribution in [0.25, 0.3) is 0 Å². The maximum absolute atomic E-state index is 14.7. The Morgan fingerprint density at radius 1 is 1.11 bits per heavy atom. The summed E-state index contributed by atoms with van der Waals surface area (Å²) < 4.78 is 63.4. The molecule has 0 saturated carbocycles. The summed E-state index contributed by atoms with van der Waals surface area (Å²) in [6, 6.07) is 9.25. The van der Waals surface area contributed by atoms with Gasteiger partial charge in [-0.05, 0) is 35.9 Å². The largest absolute Gasteiger partial charge is 0.390 e. The summed E-state index contributed by atoms with van der Waals surface area (Å²) in [5, 5.41) is 6.26. The van der Waals surface area contributed by atoms with Crippen LogP contribution < -0.4 is 15.5 Å². The van der Waals surface area contributed by atoms with Crippen LogP contribution in [0.1, 0.15) is 22.3 Å². The van der Waals surface area contributed by atoms with E-state index in [-0.39, 0.29) is 12.1 Å². The molecule has 2 aromatic carbocycles. The summed E-state index contributed by atoms with van der Waals surface area (Å²) >= 11 is 6.17. The number of nitrogens with one attached hydrogen (secondary N) is 2. The number of hydrogen-bond donors (Lipinski definition) is 2. The van der Waals surface area contributed by atoms with Gasteiger partial charge in [-0.2, -0.15) is 13.2 Å². The molecule has 0 aliphatic carbocycles. The summed E-state index contributed by atoms with van der Waals surface area (Å²) in [4.78, 5) is 16.6. The number of alkyl halides is 3. The van der Waals surface area contributed by atoms with Crippen molar-refractivity contribution >= 4 is 39.7 Å². The molecule has 0 spiro atoms. The second-order valence-corrected chi connectivity index (χ2v) is 10.6. The molecule has 1 fully saturated rings. The molecule has 6 nitrogen and oxygen atoms in total. The van der Waals surface area contributed by atoms with E-state index in [1.807, 2.05) is 4.90 Å². The average molecular weight is 549 g/mol. The number of benzene rings is 2. The van der Waals surface area contributed by atoms with Crippen LogP contribution >= 0.6 is 11.6 Å². The molecule has 1 aliphatic rings. The maximum atomic E-state index is 14.7. The summed E-state index contributed by atoms with van der Waals surface area (Å²) in [6.07, 6.45) is -3.44. The molecule has 2 N–H and O–H groups in total. The highest BCUT2D eigenvalue weighted by atomic mass is 35.5. The van der Waals surface area contributed by atoms with Crippen LogP contribution in [0, 0.1) is 5.82 Å². The Bertz CT molecular complexity index is 1080.